The number of aliphatic hydroxyl groups excluding tert-OH is 1. The van der Waals surface area contributed by atoms with Gasteiger partial charge in [0.05, 0.1) is 13.2 Å². The van der Waals surface area contributed by atoms with Gasteiger partial charge in [0.15, 0.2) is 5.79 Å². The summed E-state index contributed by atoms with van der Waals surface area (Å²) in [6.07, 6.45) is 9.31. The molecule has 1 rings (SSSR count). The molecule has 3 nitrogen and oxygen atoms in total. The predicted molar refractivity (Wildman–Crippen MR) is 82.5 cm³/mol. The van der Waals surface area contributed by atoms with Crippen LogP contribution in [0.2, 0.25) is 0 Å². The van der Waals surface area contributed by atoms with Crippen LogP contribution in [0.5, 0.6) is 0 Å². The highest BCUT2D eigenvalue weighted by Gasteiger charge is 2.39. The Morgan fingerprint density at radius 3 is 2.50 bits per heavy atom. The molecule has 1 heterocycles. The number of hydrogen-bond donors (Lipinski definition) is 1. The van der Waals surface area contributed by atoms with Gasteiger partial charge in [0.25, 0.3) is 0 Å². The SMILES string of the molecule is C=C(C=CCCCC)CC1(CCO)COC(C)(C)OC1. The normalized spacial score (nSPS) is 21.2. The summed E-state index contributed by atoms with van der Waals surface area (Å²) in [7, 11) is 0. The van der Waals surface area contributed by atoms with Crippen molar-refractivity contribution in [2.75, 3.05) is 19.8 Å². The Bertz CT molecular complexity index is 321. The zero-order valence-corrected chi connectivity index (χ0v) is 13.3. The van der Waals surface area contributed by atoms with E-state index in [2.05, 4.69) is 25.7 Å². The third-order valence-electron chi connectivity index (χ3n) is 3.77. The summed E-state index contributed by atoms with van der Waals surface area (Å²) in [4.78, 5) is 0. The van der Waals surface area contributed by atoms with Gasteiger partial charge in [-0.05, 0) is 33.1 Å². The van der Waals surface area contributed by atoms with Gasteiger partial charge in [0.2, 0.25) is 0 Å². The number of aliphatic hydroxyl groups is 1. The van der Waals surface area contributed by atoms with E-state index in [9.17, 15) is 5.11 Å². The highest BCUT2D eigenvalue weighted by Crippen LogP contribution is 2.37. The van der Waals surface area contributed by atoms with E-state index in [0.717, 1.165) is 18.4 Å². The highest BCUT2D eigenvalue weighted by atomic mass is 16.7. The van der Waals surface area contributed by atoms with Gasteiger partial charge < -0.3 is 14.6 Å². The molecule has 0 spiro atoms. The monoisotopic (exact) mass is 282 g/mol. The highest BCUT2D eigenvalue weighted by molar-refractivity contribution is 5.17. The lowest BCUT2D eigenvalue weighted by Gasteiger charge is -2.43. The van der Waals surface area contributed by atoms with Crippen molar-refractivity contribution >= 4 is 0 Å². The first-order valence-electron chi connectivity index (χ1n) is 7.66. The Labute approximate surface area is 123 Å². The summed E-state index contributed by atoms with van der Waals surface area (Å²) in [5.74, 6) is -0.517. The van der Waals surface area contributed by atoms with E-state index in [1.54, 1.807) is 0 Å². The fraction of sp³-hybridized carbons (Fsp3) is 0.765. The number of unbranched alkanes of at least 4 members (excludes halogenated alkanes) is 2. The van der Waals surface area contributed by atoms with Crippen molar-refractivity contribution in [3.8, 4) is 0 Å². The standard InChI is InChI=1S/C17H30O3/c1-5-6-7-8-9-15(2)12-17(10-11-18)13-19-16(3,4)20-14-17/h8-9,18H,2,5-7,10-14H2,1,3-4H3. The quantitative estimate of drug-likeness (QED) is 0.543. The summed E-state index contributed by atoms with van der Waals surface area (Å²) >= 11 is 0. The maximum atomic E-state index is 9.31. The molecule has 1 N–H and O–H groups in total. The molecule has 3 heteroatoms. The maximum Gasteiger partial charge on any atom is 0.162 e. The average Bonchev–Trinajstić information content (AvgIpc) is 2.39. The smallest absolute Gasteiger partial charge is 0.162 e. The van der Waals surface area contributed by atoms with Crippen LogP contribution < -0.4 is 0 Å². The summed E-state index contributed by atoms with van der Waals surface area (Å²) in [6, 6.07) is 0. The van der Waals surface area contributed by atoms with Crippen LogP contribution in [-0.4, -0.2) is 30.7 Å². The number of ether oxygens (including phenoxy) is 2. The summed E-state index contributed by atoms with van der Waals surface area (Å²) in [6.45, 7) is 11.6. The minimum atomic E-state index is -0.517. The summed E-state index contributed by atoms with van der Waals surface area (Å²) < 4.78 is 11.6. The number of allylic oxidation sites excluding steroid dienone is 3. The maximum absolute atomic E-state index is 9.31. The molecule has 20 heavy (non-hydrogen) atoms. The molecule has 1 fully saturated rings. The first-order valence-corrected chi connectivity index (χ1v) is 7.66. The molecule has 0 aromatic carbocycles. The molecule has 116 valence electrons. The van der Waals surface area contributed by atoms with Crippen molar-refractivity contribution < 1.29 is 14.6 Å². The Morgan fingerprint density at radius 2 is 1.95 bits per heavy atom. The topological polar surface area (TPSA) is 38.7 Å². The lowest BCUT2D eigenvalue weighted by Crippen LogP contribution is -2.47. The second-order valence-electron chi connectivity index (χ2n) is 6.33. The molecule has 1 aliphatic rings. The molecule has 0 atom stereocenters. The van der Waals surface area contributed by atoms with Crippen molar-refractivity contribution in [3.05, 3.63) is 24.3 Å². The lowest BCUT2D eigenvalue weighted by atomic mass is 9.79. The van der Waals surface area contributed by atoms with E-state index in [-0.39, 0.29) is 12.0 Å². The van der Waals surface area contributed by atoms with E-state index in [4.69, 9.17) is 9.47 Å². The Balaban J connectivity index is 2.54. The lowest BCUT2D eigenvalue weighted by molar-refractivity contribution is -0.287. The van der Waals surface area contributed by atoms with Crippen molar-refractivity contribution in [2.45, 2.75) is 58.7 Å². The van der Waals surface area contributed by atoms with E-state index >= 15 is 0 Å². The molecular formula is C17H30O3. The van der Waals surface area contributed by atoms with Gasteiger partial charge >= 0.3 is 0 Å². The molecule has 0 aromatic heterocycles. The third-order valence-corrected chi connectivity index (χ3v) is 3.77. The zero-order chi connectivity index (χ0) is 15.1. The van der Waals surface area contributed by atoms with E-state index in [1.807, 2.05) is 13.8 Å². The molecule has 0 unspecified atom stereocenters. The Morgan fingerprint density at radius 1 is 1.30 bits per heavy atom. The van der Waals surface area contributed by atoms with Crippen LogP contribution in [0.15, 0.2) is 24.3 Å². The zero-order valence-electron chi connectivity index (χ0n) is 13.3. The fourth-order valence-corrected chi connectivity index (χ4v) is 2.42. The number of hydrogen-bond acceptors (Lipinski definition) is 3. The van der Waals surface area contributed by atoms with Crippen LogP contribution in [0.3, 0.4) is 0 Å². The first-order chi connectivity index (χ1) is 9.43. The van der Waals surface area contributed by atoms with Crippen molar-refractivity contribution in [2.24, 2.45) is 5.41 Å². The second-order valence-corrected chi connectivity index (χ2v) is 6.33. The van der Waals surface area contributed by atoms with Gasteiger partial charge in [-0.25, -0.2) is 0 Å². The Hall–Kier alpha value is -0.640. The molecule has 0 radical (unpaired) electrons. The van der Waals surface area contributed by atoms with Crippen molar-refractivity contribution in [1.29, 1.82) is 0 Å². The molecular weight excluding hydrogens is 252 g/mol. The summed E-state index contributed by atoms with van der Waals surface area (Å²) in [5, 5.41) is 9.31. The van der Waals surface area contributed by atoms with Crippen LogP contribution in [0.1, 0.15) is 52.9 Å². The van der Waals surface area contributed by atoms with Gasteiger partial charge in [-0.3, -0.25) is 0 Å². The molecule has 0 bridgehead atoms. The summed E-state index contributed by atoms with van der Waals surface area (Å²) in [5.41, 5.74) is 0.942. The molecule has 1 saturated heterocycles. The molecule has 0 aliphatic carbocycles. The fourth-order valence-electron chi connectivity index (χ4n) is 2.42. The van der Waals surface area contributed by atoms with Crippen molar-refractivity contribution in [1.82, 2.24) is 0 Å². The van der Waals surface area contributed by atoms with Crippen LogP contribution in [0.4, 0.5) is 0 Å². The molecule has 0 amide bonds. The molecule has 0 aromatic rings. The Kier molecular flexibility index (Phi) is 6.93. The van der Waals surface area contributed by atoms with E-state index < -0.39 is 5.79 Å². The largest absolute Gasteiger partial charge is 0.396 e. The average molecular weight is 282 g/mol. The van der Waals surface area contributed by atoms with Gasteiger partial charge in [-0.1, -0.05) is 44.1 Å². The van der Waals surface area contributed by atoms with Gasteiger partial charge in [-0.15, -0.1) is 0 Å². The molecule has 1 aliphatic heterocycles. The van der Waals surface area contributed by atoms with Crippen LogP contribution >= 0.6 is 0 Å². The van der Waals surface area contributed by atoms with Crippen LogP contribution in [0, 0.1) is 5.41 Å². The van der Waals surface area contributed by atoms with Gasteiger partial charge in [-0.2, -0.15) is 0 Å². The van der Waals surface area contributed by atoms with E-state index in [1.165, 1.54) is 12.8 Å². The minimum absolute atomic E-state index is 0.142. The first kappa shape index (κ1) is 17.4. The van der Waals surface area contributed by atoms with E-state index in [0.29, 0.717) is 19.6 Å². The van der Waals surface area contributed by atoms with Gasteiger partial charge in [0, 0.05) is 12.0 Å². The predicted octanol–water partition coefficient (Wildman–Crippen LogP) is 3.83. The minimum Gasteiger partial charge on any atom is -0.396 e. The number of rotatable bonds is 8. The second kappa shape index (κ2) is 7.96. The molecule has 0 saturated carbocycles. The van der Waals surface area contributed by atoms with Crippen molar-refractivity contribution in [3.63, 3.8) is 0 Å². The third kappa shape index (κ3) is 5.78. The van der Waals surface area contributed by atoms with Crippen LogP contribution in [0.25, 0.3) is 0 Å². The van der Waals surface area contributed by atoms with Gasteiger partial charge in [0.1, 0.15) is 0 Å². The van der Waals surface area contributed by atoms with Crippen LogP contribution in [-0.2, 0) is 9.47 Å².